The summed E-state index contributed by atoms with van der Waals surface area (Å²) in [6.07, 6.45) is 3.75. The van der Waals surface area contributed by atoms with Crippen molar-refractivity contribution >= 4 is 15.9 Å². The summed E-state index contributed by atoms with van der Waals surface area (Å²) >= 11 is 3.51. The molecular weight excluding hydrogens is 310 g/mol. The Balaban J connectivity index is 2.58. The van der Waals surface area contributed by atoms with Gasteiger partial charge in [0.2, 0.25) is 0 Å². The molecule has 1 N–H and O–H groups in total. The summed E-state index contributed by atoms with van der Waals surface area (Å²) < 4.78 is 1.16. The first-order valence-electron chi connectivity index (χ1n) is 7.74. The minimum absolute atomic E-state index is 0.426. The summed E-state index contributed by atoms with van der Waals surface area (Å²) in [6, 6.07) is 9.34. The normalized spacial score (nSPS) is 13.8. The van der Waals surface area contributed by atoms with Crippen LogP contribution >= 0.6 is 15.9 Å². The van der Waals surface area contributed by atoms with E-state index in [0.717, 1.165) is 16.9 Å². The van der Waals surface area contributed by atoms with Gasteiger partial charge in [-0.1, -0.05) is 62.7 Å². The number of hydrogen-bond donors (Lipinski definition) is 1. The molecule has 0 amide bonds. The summed E-state index contributed by atoms with van der Waals surface area (Å²) in [5.74, 6) is 0.720. The van der Waals surface area contributed by atoms with Gasteiger partial charge in [-0.15, -0.1) is 0 Å². The van der Waals surface area contributed by atoms with E-state index in [-0.39, 0.29) is 0 Å². The van der Waals surface area contributed by atoms with Crippen LogP contribution in [0.4, 0.5) is 0 Å². The summed E-state index contributed by atoms with van der Waals surface area (Å²) in [4.78, 5) is 0. The van der Waals surface area contributed by atoms with Gasteiger partial charge in [0.05, 0.1) is 0 Å². The minimum Gasteiger partial charge on any atom is -0.314 e. The molecular formula is C18H30BrN. The number of benzene rings is 1. The maximum absolute atomic E-state index is 3.60. The maximum Gasteiger partial charge on any atom is 0.0175 e. The zero-order valence-corrected chi connectivity index (χ0v) is 15.3. The highest BCUT2D eigenvalue weighted by molar-refractivity contribution is 9.10. The molecule has 1 rings (SSSR count). The zero-order chi connectivity index (χ0) is 15.2. The van der Waals surface area contributed by atoms with Crippen LogP contribution in [0.2, 0.25) is 0 Å². The Kier molecular flexibility index (Phi) is 7.25. The predicted molar refractivity (Wildman–Crippen MR) is 93.2 cm³/mol. The van der Waals surface area contributed by atoms with Crippen molar-refractivity contribution in [2.24, 2.45) is 11.3 Å². The fourth-order valence-corrected chi connectivity index (χ4v) is 2.53. The molecule has 0 aromatic heterocycles. The van der Waals surface area contributed by atoms with E-state index in [1.807, 2.05) is 0 Å². The summed E-state index contributed by atoms with van der Waals surface area (Å²) in [7, 11) is 0. The van der Waals surface area contributed by atoms with Gasteiger partial charge in [0.15, 0.2) is 0 Å². The van der Waals surface area contributed by atoms with Crippen molar-refractivity contribution in [2.45, 2.75) is 59.9 Å². The van der Waals surface area contributed by atoms with Crippen LogP contribution < -0.4 is 5.32 Å². The van der Waals surface area contributed by atoms with E-state index in [0.29, 0.717) is 11.5 Å². The highest BCUT2D eigenvalue weighted by Crippen LogP contribution is 2.25. The van der Waals surface area contributed by atoms with Gasteiger partial charge in [0.25, 0.3) is 0 Å². The molecule has 0 spiro atoms. The molecule has 0 aliphatic carbocycles. The van der Waals surface area contributed by atoms with Crippen LogP contribution in [-0.4, -0.2) is 12.6 Å². The highest BCUT2D eigenvalue weighted by Gasteiger charge is 2.16. The van der Waals surface area contributed by atoms with E-state index in [2.05, 4.69) is 80.1 Å². The minimum atomic E-state index is 0.426. The molecule has 1 unspecified atom stereocenters. The van der Waals surface area contributed by atoms with Crippen molar-refractivity contribution in [1.82, 2.24) is 5.32 Å². The molecule has 0 aliphatic rings. The Bertz CT molecular complexity index is 375. The third-order valence-electron chi connectivity index (χ3n) is 3.55. The van der Waals surface area contributed by atoms with Gasteiger partial charge in [0, 0.05) is 10.5 Å². The topological polar surface area (TPSA) is 12.0 Å². The Labute approximate surface area is 133 Å². The smallest absolute Gasteiger partial charge is 0.0175 e. The molecule has 0 bridgehead atoms. The van der Waals surface area contributed by atoms with E-state index in [1.165, 1.54) is 24.8 Å². The Hall–Kier alpha value is -0.340. The molecule has 20 heavy (non-hydrogen) atoms. The van der Waals surface area contributed by atoms with Gasteiger partial charge in [-0.25, -0.2) is 0 Å². The van der Waals surface area contributed by atoms with Gasteiger partial charge in [-0.2, -0.15) is 0 Å². The van der Waals surface area contributed by atoms with Crippen LogP contribution in [0.3, 0.4) is 0 Å². The first-order valence-corrected chi connectivity index (χ1v) is 8.53. The lowest BCUT2D eigenvalue weighted by molar-refractivity contribution is 0.310. The summed E-state index contributed by atoms with van der Waals surface area (Å²) in [5.41, 5.74) is 1.87. The van der Waals surface area contributed by atoms with Crippen molar-refractivity contribution in [3.8, 4) is 0 Å². The van der Waals surface area contributed by atoms with Gasteiger partial charge in [-0.05, 0) is 54.8 Å². The van der Waals surface area contributed by atoms with E-state index in [1.54, 1.807) is 0 Å². The lowest BCUT2D eigenvalue weighted by Gasteiger charge is -2.24. The molecule has 114 valence electrons. The maximum atomic E-state index is 3.60. The molecule has 0 fully saturated rings. The van der Waals surface area contributed by atoms with E-state index in [9.17, 15) is 0 Å². The van der Waals surface area contributed by atoms with Gasteiger partial charge in [0.1, 0.15) is 0 Å². The molecule has 1 aromatic carbocycles. The fourth-order valence-electron chi connectivity index (χ4n) is 2.27. The zero-order valence-electron chi connectivity index (χ0n) is 13.7. The highest BCUT2D eigenvalue weighted by atomic mass is 79.9. The number of hydrogen-bond acceptors (Lipinski definition) is 1. The van der Waals surface area contributed by atoms with Crippen molar-refractivity contribution in [3.63, 3.8) is 0 Å². The predicted octanol–water partition coefficient (Wildman–Crippen LogP) is 5.43. The van der Waals surface area contributed by atoms with Crippen molar-refractivity contribution in [3.05, 3.63) is 34.3 Å². The number of halogens is 1. The van der Waals surface area contributed by atoms with E-state index in [4.69, 9.17) is 0 Å². The van der Waals surface area contributed by atoms with Crippen molar-refractivity contribution < 1.29 is 0 Å². The van der Waals surface area contributed by atoms with Crippen LogP contribution in [0.25, 0.3) is 0 Å². The van der Waals surface area contributed by atoms with E-state index < -0.39 is 0 Å². The van der Waals surface area contributed by atoms with Gasteiger partial charge in [-0.3, -0.25) is 0 Å². The second kappa shape index (κ2) is 8.19. The Morgan fingerprint density at radius 2 is 1.70 bits per heavy atom. The molecule has 2 heteroatoms. The van der Waals surface area contributed by atoms with Crippen molar-refractivity contribution in [2.75, 3.05) is 6.54 Å². The lowest BCUT2D eigenvalue weighted by Crippen LogP contribution is -2.30. The first kappa shape index (κ1) is 17.7. The first-order chi connectivity index (χ1) is 9.26. The average molecular weight is 340 g/mol. The molecule has 0 saturated heterocycles. The molecule has 0 aliphatic heterocycles. The quantitative estimate of drug-likeness (QED) is 0.698. The van der Waals surface area contributed by atoms with Gasteiger partial charge >= 0.3 is 0 Å². The van der Waals surface area contributed by atoms with Crippen LogP contribution in [0.5, 0.6) is 0 Å². The molecule has 1 aromatic rings. The second-order valence-electron chi connectivity index (χ2n) is 7.36. The summed E-state index contributed by atoms with van der Waals surface area (Å²) in [6.45, 7) is 12.6. The number of rotatable bonds is 7. The lowest BCUT2D eigenvalue weighted by atomic mass is 9.84. The van der Waals surface area contributed by atoms with Crippen LogP contribution in [-0.2, 0) is 6.42 Å². The number of nitrogens with one attached hydrogen (secondary N) is 1. The Morgan fingerprint density at radius 3 is 2.20 bits per heavy atom. The van der Waals surface area contributed by atoms with Crippen LogP contribution in [0.1, 0.15) is 53.0 Å². The van der Waals surface area contributed by atoms with Crippen molar-refractivity contribution in [1.29, 1.82) is 0 Å². The van der Waals surface area contributed by atoms with Crippen LogP contribution in [0.15, 0.2) is 28.7 Å². The summed E-state index contributed by atoms with van der Waals surface area (Å²) in [5, 5.41) is 3.60. The SMILES string of the molecule is CC(C)NCC(CCC(C)(C)C)Cc1ccc(Br)cc1. The molecule has 1 nitrogen and oxygen atoms in total. The fraction of sp³-hybridized carbons (Fsp3) is 0.667. The Morgan fingerprint density at radius 1 is 1.10 bits per heavy atom. The van der Waals surface area contributed by atoms with Gasteiger partial charge < -0.3 is 5.32 Å². The van der Waals surface area contributed by atoms with Crippen LogP contribution in [0, 0.1) is 11.3 Å². The molecule has 0 heterocycles. The largest absolute Gasteiger partial charge is 0.314 e. The van der Waals surface area contributed by atoms with E-state index >= 15 is 0 Å². The molecule has 0 saturated carbocycles. The third-order valence-corrected chi connectivity index (χ3v) is 4.08. The molecule has 0 radical (unpaired) electrons. The third kappa shape index (κ3) is 8.06. The second-order valence-corrected chi connectivity index (χ2v) is 8.27. The molecule has 1 atom stereocenters. The standard InChI is InChI=1S/C18H30BrN/c1-14(2)20-13-16(10-11-18(3,4)5)12-15-6-8-17(19)9-7-15/h6-9,14,16,20H,10-13H2,1-5H3. The average Bonchev–Trinajstić information content (AvgIpc) is 2.34. The monoisotopic (exact) mass is 339 g/mol.